The quantitative estimate of drug-likeness (QED) is 0.489. The van der Waals surface area contributed by atoms with Crippen molar-refractivity contribution in [3.63, 3.8) is 0 Å². The molecular formula is C14H29O4Sn. The first-order valence-electron chi connectivity index (χ1n) is 7.10. The average Bonchev–Trinajstić information content (AvgIpc) is 2.30. The molecule has 1 radical (unpaired) electrons. The molecule has 5 heteroatoms. The van der Waals surface area contributed by atoms with Gasteiger partial charge in [-0.25, -0.2) is 0 Å². The molecule has 0 rings (SSSR count). The van der Waals surface area contributed by atoms with Gasteiger partial charge in [-0.05, 0) is 0 Å². The Bertz CT molecular complexity index is 219. The van der Waals surface area contributed by atoms with Crippen LogP contribution in [0, 0.1) is 0 Å². The molecule has 0 spiro atoms. The van der Waals surface area contributed by atoms with Crippen LogP contribution in [0.5, 0.6) is 0 Å². The maximum atomic E-state index is 10.7. The van der Waals surface area contributed by atoms with Gasteiger partial charge in [-0.1, -0.05) is 0 Å². The topological polar surface area (TPSA) is 63.6 Å². The summed E-state index contributed by atoms with van der Waals surface area (Å²) in [4.78, 5) is 19.7. The third kappa shape index (κ3) is 23.3. The molecule has 0 saturated heterocycles. The molecule has 4 nitrogen and oxygen atoms in total. The SMILES string of the molecule is CC(=O)O.CCC[CH2][Sn]([CH2]CCC)[CH2]COC(C)=O. The molecule has 19 heavy (non-hydrogen) atoms. The number of aliphatic carboxylic acids is 1. The molecular weight excluding hydrogens is 351 g/mol. The van der Waals surface area contributed by atoms with Gasteiger partial charge in [0.2, 0.25) is 0 Å². The molecule has 0 aliphatic heterocycles. The van der Waals surface area contributed by atoms with Crippen LogP contribution in [0.15, 0.2) is 0 Å². The molecule has 0 unspecified atom stereocenters. The summed E-state index contributed by atoms with van der Waals surface area (Å²) >= 11 is -1.17. The first-order chi connectivity index (χ1) is 8.93. The van der Waals surface area contributed by atoms with E-state index in [1.807, 2.05) is 0 Å². The fraction of sp³-hybridized carbons (Fsp3) is 0.857. The number of esters is 1. The van der Waals surface area contributed by atoms with Crippen LogP contribution in [0.25, 0.3) is 0 Å². The van der Waals surface area contributed by atoms with Crippen LogP contribution in [0.1, 0.15) is 53.4 Å². The number of hydrogen-bond donors (Lipinski definition) is 1. The van der Waals surface area contributed by atoms with E-state index in [0.29, 0.717) is 6.61 Å². The van der Waals surface area contributed by atoms with Crippen molar-refractivity contribution in [3.8, 4) is 0 Å². The van der Waals surface area contributed by atoms with Crippen molar-refractivity contribution in [2.75, 3.05) is 6.61 Å². The zero-order valence-corrected chi connectivity index (χ0v) is 15.7. The summed E-state index contributed by atoms with van der Waals surface area (Å²) in [5.74, 6) is -0.955. The second-order valence-electron chi connectivity index (χ2n) is 4.57. The zero-order chi connectivity index (χ0) is 15.1. The Kier molecular flexibility index (Phi) is 17.5. The molecule has 0 bridgehead atoms. The van der Waals surface area contributed by atoms with Crippen molar-refractivity contribution in [2.45, 2.75) is 66.7 Å². The van der Waals surface area contributed by atoms with E-state index in [9.17, 15) is 4.79 Å². The molecule has 0 amide bonds. The molecule has 0 saturated carbocycles. The summed E-state index contributed by atoms with van der Waals surface area (Å²) in [6, 6.07) is 0. The van der Waals surface area contributed by atoms with Gasteiger partial charge in [-0.3, -0.25) is 4.79 Å². The fourth-order valence-corrected chi connectivity index (χ4v) is 9.70. The molecule has 0 fully saturated rings. The molecule has 113 valence electrons. The summed E-state index contributed by atoms with van der Waals surface area (Å²) in [5, 5.41) is 7.42. The zero-order valence-electron chi connectivity index (χ0n) is 12.8. The van der Waals surface area contributed by atoms with Gasteiger partial charge in [0.15, 0.2) is 0 Å². The van der Waals surface area contributed by atoms with Crippen molar-refractivity contribution in [1.82, 2.24) is 0 Å². The minimum atomic E-state index is -1.17. The van der Waals surface area contributed by atoms with Crippen molar-refractivity contribution < 1.29 is 19.4 Å². The number of hydrogen-bond acceptors (Lipinski definition) is 3. The molecule has 0 atom stereocenters. The Balaban J connectivity index is 0. The van der Waals surface area contributed by atoms with Crippen LogP contribution in [-0.4, -0.2) is 43.4 Å². The van der Waals surface area contributed by atoms with E-state index < -0.39 is 25.7 Å². The van der Waals surface area contributed by atoms with Crippen LogP contribution < -0.4 is 0 Å². The number of carbonyl (C=O) groups is 2. The molecule has 0 aromatic carbocycles. The van der Waals surface area contributed by atoms with E-state index in [1.54, 1.807) is 0 Å². The Morgan fingerprint density at radius 3 is 1.74 bits per heavy atom. The Morgan fingerprint density at radius 2 is 1.42 bits per heavy atom. The molecule has 0 aromatic heterocycles. The van der Waals surface area contributed by atoms with Crippen LogP contribution in [0.3, 0.4) is 0 Å². The number of carboxylic acids is 1. The van der Waals surface area contributed by atoms with E-state index in [-0.39, 0.29) is 5.97 Å². The van der Waals surface area contributed by atoms with E-state index in [1.165, 1.54) is 45.9 Å². The van der Waals surface area contributed by atoms with Gasteiger partial charge in [0.25, 0.3) is 5.97 Å². The molecule has 0 heterocycles. The van der Waals surface area contributed by atoms with Gasteiger partial charge in [0, 0.05) is 6.92 Å². The summed E-state index contributed by atoms with van der Waals surface area (Å²) in [5.41, 5.74) is 0. The number of carboxylic acid groups (broad SMARTS) is 1. The van der Waals surface area contributed by atoms with Crippen molar-refractivity contribution in [2.24, 2.45) is 0 Å². The van der Waals surface area contributed by atoms with Gasteiger partial charge in [0.1, 0.15) is 0 Å². The third-order valence-corrected chi connectivity index (χ3v) is 11.2. The third-order valence-electron chi connectivity index (χ3n) is 2.53. The van der Waals surface area contributed by atoms with E-state index in [4.69, 9.17) is 14.6 Å². The van der Waals surface area contributed by atoms with E-state index in [0.717, 1.165) is 6.92 Å². The summed E-state index contributed by atoms with van der Waals surface area (Å²) in [7, 11) is 0. The molecule has 0 aliphatic carbocycles. The normalized spacial score (nSPS) is 9.74. The van der Waals surface area contributed by atoms with Crippen molar-refractivity contribution in [1.29, 1.82) is 0 Å². The maximum absolute atomic E-state index is 10.7. The minimum absolute atomic E-state index is 0.122. The number of rotatable bonds is 9. The van der Waals surface area contributed by atoms with Gasteiger partial charge in [-0.2, -0.15) is 0 Å². The van der Waals surface area contributed by atoms with Gasteiger partial charge in [-0.15, -0.1) is 0 Å². The summed E-state index contributed by atoms with van der Waals surface area (Å²) in [6.45, 7) is 7.79. The van der Waals surface area contributed by atoms with Gasteiger partial charge in [0.05, 0.1) is 0 Å². The first kappa shape index (κ1) is 21.0. The number of unbranched alkanes of at least 4 members (excludes halogenated alkanes) is 2. The predicted octanol–water partition coefficient (Wildman–Crippen LogP) is 3.74. The summed E-state index contributed by atoms with van der Waals surface area (Å²) < 4.78 is 9.25. The monoisotopic (exact) mass is 381 g/mol. The molecule has 1 N–H and O–H groups in total. The molecule has 0 aliphatic rings. The Morgan fingerprint density at radius 1 is 1.00 bits per heavy atom. The number of ether oxygens (including phenoxy) is 1. The van der Waals surface area contributed by atoms with Crippen LogP contribution in [0.2, 0.25) is 13.3 Å². The second kappa shape index (κ2) is 15.8. The average molecular weight is 380 g/mol. The first-order valence-corrected chi connectivity index (χ1v) is 13.2. The summed E-state index contributed by atoms with van der Waals surface area (Å²) in [6.07, 6.45) is 5.39. The fourth-order valence-electron chi connectivity index (χ4n) is 1.57. The van der Waals surface area contributed by atoms with Crippen LogP contribution in [0.4, 0.5) is 0 Å². The molecule has 0 aromatic rings. The van der Waals surface area contributed by atoms with Gasteiger partial charge < -0.3 is 5.11 Å². The van der Waals surface area contributed by atoms with Crippen molar-refractivity contribution >= 4 is 31.7 Å². The van der Waals surface area contributed by atoms with Crippen molar-refractivity contribution in [3.05, 3.63) is 0 Å². The Hall–Kier alpha value is -0.261. The van der Waals surface area contributed by atoms with Crippen LogP contribution in [-0.2, 0) is 14.3 Å². The number of carbonyl (C=O) groups excluding carboxylic acids is 1. The van der Waals surface area contributed by atoms with E-state index in [2.05, 4.69) is 13.8 Å². The predicted molar refractivity (Wildman–Crippen MR) is 79.9 cm³/mol. The van der Waals surface area contributed by atoms with Gasteiger partial charge >= 0.3 is 102 Å². The van der Waals surface area contributed by atoms with E-state index >= 15 is 0 Å². The van der Waals surface area contributed by atoms with Crippen LogP contribution >= 0.6 is 0 Å². The second-order valence-corrected chi connectivity index (χ2v) is 13.1. The standard InChI is InChI=1S/C4H7O2.2C4H9.C2H4O2.Sn/c1-3-6-4(2)5;2*1-3-4-2;1-2(3)4;/h1,3H2,2H3;2*1,3-4H2,2H3;1H3,(H,3,4);. The Labute approximate surface area is 124 Å².